The number of allylic oxidation sites excluding steroid dienone is 12. The SMILES string of the molecule is CC/C=C\C/C=C\C/C=C\C/C=C\C/C=C\C/C=C\CCCCCCCCCCCCCCCCCCCCC(=O)NC(COP(=O)(O)OCC[N+](C)(C)C)C(O)CCCCCCCCCCCCCCCCCCCCCCCCCCCCCCCCC. The van der Waals surface area contributed by atoms with Crippen LogP contribution in [0.3, 0.4) is 0 Å². The molecule has 528 valence electrons. The first-order valence-electron chi connectivity index (χ1n) is 39.3. The average Bonchev–Trinajstić information content (AvgIpc) is 3.18. The van der Waals surface area contributed by atoms with Gasteiger partial charge in [-0.3, -0.25) is 13.8 Å². The first-order chi connectivity index (χ1) is 44.0. The molecule has 8 nitrogen and oxygen atoms in total. The van der Waals surface area contributed by atoms with Gasteiger partial charge in [0.25, 0.3) is 0 Å². The molecule has 3 unspecified atom stereocenters. The van der Waals surface area contributed by atoms with Crippen LogP contribution in [0.2, 0.25) is 0 Å². The lowest BCUT2D eigenvalue weighted by atomic mass is 10.0. The quantitative estimate of drug-likeness (QED) is 0.0243. The topological polar surface area (TPSA) is 105 Å². The fourth-order valence-electron chi connectivity index (χ4n) is 11.9. The van der Waals surface area contributed by atoms with Crippen LogP contribution in [0.5, 0.6) is 0 Å². The van der Waals surface area contributed by atoms with Crippen molar-refractivity contribution in [3.8, 4) is 0 Å². The van der Waals surface area contributed by atoms with Gasteiger partial charge in [-0.15, -0.1) is 0 Å². The van der Waals surface area contributed by atoms with Gasteiger partial charge in [-0.05, 0) is 64.2 Å². The van der Waals surface area contributed by atoms with Gasteiger partial charge in [-0.2, -0.15) is 0 Å². The molecule has 3 atom stereocenters. The molecule has 0 aromatic carbocycles. The van der Waals surface area contributed by atoms with Crippen LogP contribution in [0, 0.1) is 0 Å². The monoisotopic (exact) mass is 1280 g/mol. The van der Waals surface area contributed by atoms with Gasteiger partial charge in [0.05, 0.1) is 39.9 Å². The zero-order chi connectivity index (χ0) is 65.5. The minimum Gasteiger partial charge on any atom is -0.391 e. The number of carbonyl (C=O) groups excluding carboxylic acids is 1. The highest BCUT2D eigenvalue weighted by Crippen LogP contribution is 2.43. The zero-order valence-electron chi connectivity index (χ0n) is 60.6. The molecule has 0 aliphatic carbocycles. The molecule has 0 radical (unpaired) electrons. The summed E-state index contributed by atoms with van der Waals surface area (Å²) in [7, 11) is 1.63. The normalized spacial score (nSPS) is 13.9. The van der Waals surface area contributed by atoms with E-state index in [1.807, 2.05) is 21.1 Å². The molecule has 0 aromatic rings. The van der Waals surface area contributed by atoms with Gasteiger partial charge in [-0.1, -0.05) is 389 Å². The molecule has 1 amide bonds. The molecule has 0 saturated heterocycles. The van der Waals surface area contributed by atoms with E-state index in [4.69, 9.17) is 9.05 Å². The largest absolute Gasteiger partial charge is 0.472 e. The number of phosphoric ester groups is 1. The number of amides is 1. The Morgan fingerprint density at radius 2 is 0.667 bits per heavy atom. The third-order valence-electron chi connectivity index (χ3n) is 18.0. The Kier molecular flexibility index (Phi) is 69.6. The Morgan fingerprint density at radius 1 is 0.389 bits per heavy atom. The van der Waals surface area contributed by atoms with E-state index in [2.05, 4.69) is 92.1 Å². The summed E-state index contributed by atoms with van der Waals surface area (Å²) in [6, 6.07) is -0.764. The molecule has 9 heteroatoms. The van der Waals surface area contributed by atoms with Crippen molar-refractivity contribution in [2.45, 2.75) is 398 Å². The third kappa shape index (κ3) is 73.4. The molecule has 0 rings (SSSR count). The minimum absolute atomic E-state index is 0.0750. The highest BCUT2D eigenvalue weighted by Gasteiger charge is 2.28. The van der Waals surface area contributed by atoms with Crippen LogP contribution in [0.25, 0.3) is 0 Å². The van der Waals surface area contributed by atoms with E-state index in [1.165, 1.54) is 283 Å². The van der Waals surface area contributed by atoms with Gasteiger partial charge < -0.3 is 19.8 Å². The predicted octanol–water partition coefficient (Wildman–Crippen LogP) is 25.7. The molecule has 0 aliphatic rings. The molecule has 0 heterocycles. The summed E-state index contributed by atoms with van der Waals surface area (Å²) in [5.74, 6) is -0.138. The number of aliphatic hydroxyl groups excluding tert-OH is 1. The summed E-state index contributed by atoms with van der Waals surface area (Å²) in [5.41, 5.74) is 0. The minimum atomic E-state index is -4.34. The summed E-state index contributed by atoms with van der Waals surface area (Å²) in [5, 5.41) is 14.2. The highest BCUT2D eigenvalue weighted by molar-refractivity contribution is 7.47. The zero-order valence-corrected chi connectivity index (χ0v) is 61.5. The van der Waals surface area contributed by atoms with Crippen molar-refractivity contribution in [3.63, 3.8) is 0 Å². The Hall–Kier alpha value is -2.06. The summed E-state index contributed by atoms with van der Waals surface area (Å²) in [6.45, 7) is 4.83. The van der Waals surface area contributed by atoms with Crippen LogP contribution in [0.4, 0.5) is 0 Å². The van der Waals surface area contributed by atoms with E-state index in [-0.39, 0.29) is 19.1 Å². The Bertz CT molecular complexity index is 1700. The molecule has 0 fully saturated rings. The second kappa shape index (κ2) is 71.2. The molecule has 0 saturated carbocycles. The molecule has 90 heavy (non-hydrogen) atoms. The average molecular weight is 1280 g/mol. The fraction of sp³-hybridized carbons (Fsp3) is 0.840. The lowest BCUT2D eigenvalue weighted by molar-refractivity contribution is -0.870. The molecule has 0 spiro atoms. The molecule has 0 aliphatic heterocycles. The molecule has 0 bridgehead atoms. The fourth-order valence-corrected chi connectivity index (χ4v) is 12.7. The molecule has 3 N–H and O–H groups in total. The van der Waals surface area contributed by atoms with Gasteiger partial charge in [0.2, 0.25) is 5.91 Å². The van der Waals surface area contributed by atoms with Crippen LogP contribution in [0.1, 0.15) is 386 Å². The number of carbonyl (C=O) groups is 1. The Balaban J connectivity index is 3.95. The van der Waals surface area contributed by atoms with Gasteiger partial charge in [0.1, 0.15) is 13.2 Å². The molecular formula is C81H154N2O6P+. The van der Waals surface area contributed by atoms with E-state index >= 15 is 0 Å². The third-order valence-corrected chi connectivity index (χ3v) is 19.0. The van der Waals surface area contributed by atoms with Crippen LogP contribution >= 0.6 is 7.82 Å². The van der Waals surface area contributed by atoms with Gasteiger partial charge in [0, 0.05) is 6.42 Å². The Morgan fingerprint density at radius 3 is 0.978 bits per heavy atom. The smallest absolute Gasteiger partial charge is 0.391 e. The maximum atomic E-state index is 13.1. The maximum Gasteiger partial charge on any atom is 0.472 e. The number of likely N-dealkylation sites (N-methyl/N-ethyl adjacent to an activating group) is 1. The van der Waals surface area contributed by atoms with Gasteiger partial charge >= 0.3 is 7.82 Å². The van der Waals surface area contributed by atoms with Crippen molar-refractivity contribution in [1.82, 2.24) is 5.32 Å². The van der Waals surface area contributed by atoms with Crippen molar-refractivity contribution in [2.24, 2.45) is 0 Å². The van der Waals surface area contributed by atoms with Crippen molar-refractivity contribution in [3.05, 3.63) is 72.9 Å². The van der Waals surface area contributed by atoms with E-state index < -0.39 is 20.0 Å². The van der Waals surface area contributed by atoms with E-state index in [0.29, 0.717) is 23.9 Å². The standard InChI is InChI=1S/C81H153N2O6P/c1-6-8-10-12-14-16-18-20-22-24-26-28-30-32-34-36-38-39-40-41-42-43-45-47-49-51-53-55-57-59-61-63-65-67-69-71-73-75-81(85)82-79(78-89-90(86,87)88-77-76-83(3,4)5)80(84)74-72-70-68-66-64-62-60-58-56-54-52-50-48-46-44-37-35-33-31-29-27-25-23-21-19-17-15-13-11-9-7-2/h8,10,14,16,20,22,26,28,32,34,38-39,79-80,84H,6-7,9,11-13,15,17-19,21,23-25,27,29-31,33,35-37,40-78H2,1-5H3,(H-,82,85,86,87)/p+1/b10-8-,16-14-,22-20-,28-26-,34-32-,39-38-. The Labute approximate surface area is 561 Å². The van der Waals surface area contributed by atoms with E-state index in [0.717, 1.165) is 77.0 Å². The van der Waals surface area contributed by atoms with Crippen LogP contribution < -0.4 is 5.32 Å². The lowest BCUT2D eigenvalue weighted by Gasteiger charge is -2.26. The number of aliphatic hydroxyl groups is 1. The van der Waals surface area contributed by atoms with Crippen molar-refractivity contribution in [1.29, 1.82) is 0 Å². The number of hydrogen-bond acceptors (Lipinski definition) is 5. The lowest BCUT2D eigenvalue weighted by Crippen LogP contribution is -2.46. The first kappa shape index (κ1) is 87.9. The number of hydrogen-bond donors (Lipinski definition) is 3. The van der Waals surface area contributed by atoms with Gasteiger partial charge in [-0.25, -0.2) is 4.57 Å². The summed E-state index contributed by atoms with van der Waals surface area (Å²) >= 11 is 0. The van der Waals surface area contributed by atoms with E-state index in [9.17, 15) is 19.4 Å². The van der Waals surface area contributed by atoms with Crippen LogP contribution in [0.15, 0.2) is 72.9 Å². The predicted molar refractivity (Wildman–Crippen MR) is 397 cm³/mol. The van der Waals surface area contributed by atoms with Crippen molar-refractivity contribution in [2.75, 3.05) is 40.9 Å². The maximum absolute atomic E-state index is 13.1. The number of nitrogens with one attached hydrogen (secondary N) is 1. The summed E-state index contributed by atoms with van der Waals surface area (Å²) in [4.78, 5) is 23.5. The first-order valence-corrected chi connectivity index (χ1v) is 40.8. The second-order valence-electron chi connectivity index (χ2n) is 28.1. The summed E-state index contributed by atoms with van der Waals surface area (Å²) in [6.07, 6.45) is 100. The number of quaternary nitrogens is 1. The van der Waals surface area contributed by atoms with E-state index in [1.54, 1.807) is 0 Å². The molecule has 0 aromatic heterocycles. The number of phosphoric acid groups is 1. The number of rotatable bonds is 73. The van der Waals surface area contributed by atoms with Crippen LogP contribution in [-0.4, -0.2) is 73.4 Å². The number of unbranched alkanes of at least 4 members (excludes halogenated alkanes) is 48. The summed E-state index contributed by atoms with van der Waals surface area (Å²) < 4.78 is 24.0. The number of nitrogens with zero attached hydrogens (tertiary/aromatic N) is 1. The van der Waals surface area contributed by atoms with Crippen molar-refractivity contribution >= 4 is 13.7 Å². The van der Waals surface area contributed by atoms with Gasteiger partial charge in [0.15, 0.2) is 0 Å². The van der Waals surface area contributed by atoms with Crippen molar-refractivity contribution < 1.29 is 32.9 Å². The van der Waals surface area contributed by atoms with Crippen LogP contribution in [-0.2, 0) is 18.4 Å². The highest BCUT2D eigenvalue weighted by atomic mass is 31.2. The molecular weight excluding hydrogens is 1130 g/mol. The second-order valence-corrected chi connectivity index (χ2v) is 29.5.